The number of halogens is 2. The molecule has 368 valence electrons. The molecular formula is C54H58Br2N2O10P2. The zero-order valence-corrected chi connectivity index (χ0v) is 44.9. The van der Waals surface area contributed by atoms with Crippen molar-refractivity contribution in [3.8, 4) is 5.95 Å². The van der Waals surface area contributed by atoms with Crippen LogP contribution in [0.1, 0.15) is 51.0 Å². The average molecular weight is 1120 g/mol. The number of carbonyl (C=O) groups excluding carboxylic acids is 4. The quantitative estimate of drug-likeness (QED) is 0.0478. The largest absolute Gasteiger partial charge is 0.464 e. The Morgan fingerprint density at radius 3 is 1.27 bits per heavy atom. The summed E-state index contributed by atoms with van der Waals surface area (Å²) in [4.78, 5) is 48.1. The first-order chi connectivity index (χ1) is 33.6. The van der Waals surface area contributed by atoms with Crippen molar-refractivity contribution in [2.75, 3.05) is 26.4 Å². The summed E-state index contributed by atoms with van der Waals surface area (Å²) in [5.41, 5.74) is 0.551. The van der Waals surface area contributed by atoms with Crippen molar-refractivity contribution in [1.29, 1.82) is 0 Å². The molecule has 1 N–H and O–H groups in total. The molecule has 7 rings (SSSR count). The molecule has 1 aromatic heterocycles. The molecule has 1 atom stereocenters. The van der Waals surface area contributed by atoms with Crippen molar-refractivity contribution >= 4 is 97.8 Å². The molecule has 0 saturated carbocycles. The molecule has 16 heteroatoms. The van der Waals surface area contributed by atoms with Crippen LogP contribution in [0.4, 0.5) is 0 Å². The number of hydrogen-bond donors (Lipinski definition) is 1. The molecule has 1 unspecified atom stereocenters. The van der Waals surface area contributed by atoms with Crippen LogP contribution in [0.15, 0.2) is 186 Å². The standard InChI is InChI=1S/C18H15Br2P.C18H15OP.C9H15NO5.C9H13NO4/c19-21(20,16-10-4-1-5-11-16,17-12-6-2-7-13-17)18-14-8-3-9-15-18;19-20(16-10-4-1-5-11-16,17-12-6-2-7-13-17)18-14-8-3-9-15-18;1-4-14-8(12)6(3)10-7(11)9(13)15-5-2;1-4-12-8(11)7-10-6(3)9(14-7)13-5-2/h1-15H;1-15H;6H,4-5H2,1-3H3,(H,10,11);4-5H2,1-3H3. The second-order valence-electron chi connectivity index (χ2n) is 14.7. The molecule has 0 spiro atoms. The van der Waals surface area contributed by atoms with Crippen molar-refractivity contribution in [2.45, 2.75) is 47.6 Å². The number of benzene rings is 6. The third-order valence-electron chi connectivity index (χ3n) is 9.92. The van der Waals surface area contributed by atoms with E-state index in [0.29, 0.717) is 18.9 Å². The normalized spacial score (nSPS) is 11.6. The van der Waals surface area contributed by atoms with Gasteiger partial charge in [0.05, 0.1) is 26.4 Å². The molecule has 0 aliphatic heterocycles. The molecule has 7 aromatic rings. The second-order valence-corrected chi connectivity index (χ2v) is 32.2. The van der Waals surface area contributed by atoms with Crippen molar-refractivity contribution in [1.82, 2.24) is 10.3 Å². The number of carbonyl (C=O) groups is 4. The van der Waals surface area contributed by atoms with Gasteiger partial charge in [-0.05, 0) is 41.5 Å². The number of rotatable bonds is 14. The van der Waals surface area contributed by atoms with Gasteiger partial charge >= 0.3 is 178 Å². The van der Waals surface area contributed by atoms with Gasteiger partial charge in [-0.1, -0.05) is 91.0 Å². The van der Waals surface area contributed by atoms with Gasteiger partial charge in [-0.2, -0.15) is 0 Å². The van der Waals surface area contributed by atoms with E-state index in [4.69, 9.17) is 13.9 Å². The van der Waals surface area contributed by atoms with Crippen LogP contribution >= 0.6 is 42.1 Å². The van der Waals surface area contributed by atoms with Crippen molar-refractivity contribution < 1.29 is 47.1 Å². The molecule has 0 aliphatic rings. The number of nitrogens with zero attached hydrogens (tertiary/aromatic N) is 1. The van der Waals surface area contributed by atoms with Crippen molar-refractivity contribution in [3.05, 3.63) is 194 Å². The smallest absolute Gasteiger partial charge is 0.396 e. The summed E-state index contributed by atoms with van der Waals surface area (Å²) < 4.78 is 35.0. The Morgan fingerprint density at radius 1 is 0.571 bits per heavy atom. The molecule has 0 fully saturated rings. The van der Waals surface area contributed by atoms with E-state index in [0.717, 1.165) is 15.9 Å². The van der Waals surface area contributed by atoms with Crippen LogP contribution in [0.5, 0.6) is 5.95 Å². The molecule has 0 saturated heterocycles. The monoisotopic (exact) mass is 1110 g/mol. The number of amides is 1. The molecule has 0 radical (unpaired) electrons. The zero-order valence-electron chi connectivity index (χ0n) is 39.9. The summed E-state index contributed by atoms with van der Waals surface area (Å²) in [6.07, 6.45) is 0. The maximum atomic E-state index is 13.8. The van der Waals surface area contributed by atoms with Crippen molar-refractivity contribution in [3.63, 3.8) is 0 Å². The summed E-state index contributed by atoms with van der Waals surface area (Å²) in [7, 11) is -2.78. The second kappa shape index (κ2) is 27.9. The number of aromatic nitrogens is 1. The topological polar surface area (TPSA) is 160 Å². The summed E-state index contributed by atoms with van der Waals surface area (Å²) in [5.74, 6) is -2.90. The minimum absolute atomic E-state index is 0.0622. The fourth-order valence-corrected chi connectivity index (χ4v) is 16.5. The van der Waals surface area contributed by atoms with Crippen LogP contribution in [0.3, 0.4) is 0 Å². The zero-order chi connectivity index (χ0) is 51.0. The van der Waals surface area contributed by atoms with E-state index in [1.165, 1.54) is 22.8 Å². The fourth-order valence-electron chi connectivity index (χ4n) is 6.58. The first-order valence-corrected chi connectivity index (χ1v) is 30.4. The molecule has 12 nitrogen and oxygen atoms in total. The minimum Gasteiger partial charge on any atom is -0.464 e. The summed E-state index contributed by atoms with van der Waals surface area (Å²) in [5, 5.41) is 8.57. The number of esters is 3. The third kappa shape index (κ3) is 14.9. The van der Waals surface area contributed by atoms with Gasteiger partial charge in [-0.15, -0.1) is 0 Å². The van der Waals surface area contributed by atoms with Gasteiger partial charge in [0.25, 0.3) is 0 Å². The van der Waals surface area contributed by atoms with Crippen LogP contribution in [-0.4, -0.2) is 61.3 Å². The predicted octanol–water partition coefficient (Wildman–Crippen LogP) is 9.64. The van der Waals surface area contributed by atoms with E-state index in [1.807, 2.05) is 97.9 Å². The molecule has 0 aliphatic carbocycles. The maximum absolute atomic E-state index is 13.8. The summed E-state index contributed by atoms with van der Waals surface area (Å²) >= 11 is 8.32. The molecule has 1 heterocycles. The van der Waals surface area contributed by atoms with Gasteiger partial charge < -0.3 is 33.2 Å². The van der Waals surface area contributed by atoms with Gasteiger partial charge in [-0.25, -0.2) is 19.4 Å². The van der Waals surface area contributed by atoms with E-state index in [-0.39, 0.29) is 25.1 Å². The molecule has 70 heavy (non-hydrogen) atoms. The molecule has 1 amide bonds. The van der Waals surface area contributed by atoms with E-state index in [9.17, 15) is 23.7 Å². The van der Waals surface area contributed by atoms with Gasteiger partial charge in [0, 0.05) is 15.9 Å². The van der Waals surface area contributed by atoms with Crippen LogP contribution in [0.2, 0.25) is 0 Å². The maximum Gasteiger partial charge on any atom is 0.396 e. The van der Waals surface area contributed by atoms with Crippen LogP contribution in [0.25, 0.3) is 0 Å². The number of aryl methyl sites for hydroxylation is 1. The molecule has 6 aromatic carbocycles. The van der Waals surface area contributed by atoms with E-state index < -0.39 is 41.0 Å². The van der Waals surface area contributed by atoms with E-state index in [1.54, 1.807) is 27.7 Å². The Hall–Kier alpha value is -6.17. The van der Waals surface area contributed by atoms with E-state index in [2.05, 4.69) is 142 Å². The van der Waals surface area contributed by atoms with Crippen LogP contribution in [-0.2, 0) is 33.2 Å². The first kappa shape index (κ1) is 56.4. The molecule has 0 bridgehead atoms. The van der Waals surface area contributed by atoms with Gasteiger partial charge in [0.15, 0.2) is 7.14 Å². The average Bonchev–Trinajstić information content (AvgIpc) is 3.78. The number of hydrogen-bond acceptors (Lipinski definition) is 11. The molecular weight excluding hydrogens is 1060 g/mol. The van der Waals surface area contributed by atoms with Crippen LogP contribution in [0, 0.1) is 6.92 Å². The SMILES string of the molecule is BrP(Br)(c1ccccc1)(c1ccccc1)c1ccccc1.CCOC(=O)C(=O)NC(C)C(=O)OCC.CCOC(=O)c1nc(C)c(OCC)o1.O=P(c1ccccc1)(c1ccccc1)c1ccccc1. The fraction of sp³-hybridized carbons (Fsp3) is 0.204. The van der Waals surface area contributed by atoms with Gasteiger partial charge in [0.1, 0.15) is 11.7 Å². The van der Waals surface area contributed by atoms with E-state index >= 15 is 0 Å². The number of nitrogens with one attached hydrogen (secondary N) is 1. The Kier molecular flexibility index (Phi) is 22.5. The Labute approximate surface area is 426 Å². The summed E-state index contributed by atoms with van der Waals surface area (Å²) in [6.45, 7) is 11.0. The third-order valence-corrected chi connectivity index (χ3v) is 24.0. The minimum atomic E-state index is -2.78. The van der Waals surface area contributed by atoms with Gasteiger partial charge in [0.2, 0.25) is 0 Å². The predicted molar refractivity (Wildman–Crippen MR) is 288 cm³/mol. The Morgan fingerprint density at radius 2 is 0.929 bits per heavy atom. The Bertz CT molecular complexity index is 2540. The van der Waals surface area contributed by atoms with Crippen molar-refractivity contribution in [2.24, 2.45) is 0 Å². The number of oxazole rings is 1. The first-order valence-electron chi connectivity index (χ1n) is 22.5. The number of ether oxygens (including phenoxy) is 4. The van der Waals surface area contributed by atoms with Crippen LogP contribution < -0.4 is 41.9 Å². The Balaban J connectivity index is 0.000000206. The van der Waals surface area contributed by atoms with Gasteiger partial charge in [-0.3, -0.25) is 4.79 Å². The summed E-state index contributed by atoms with van der Waals surface area (Å²) in [6, 6.07) is 60.1.